The maximum atomic E-state index is 13.2. The van der Waals surface area contributed by atoms with Crippen molar-refractivity contribution in [1.82, 2.24) is 9.88 Å². The zero-order valence-electron chi connectivity index (χ0n) is 18.1. The van der Waals surface area contributed by atoms with E-state index in [9.17, 15) is 8.78 Å². The molecule has 2 aliphatic heterocycles. The zero-order chi connectivity index (χ0) is 22.6. The molecule has 3 aromatic carbocycles. The van der Waals surface area contributed by atoms with E-state index in [4.69, 9.17) is 0 Å². The van der Waals surface area contributed by atoms with Gasteiger partial charge in [-0.1, -0.05) is 48.9 Å². The van der Waals surface area contributed by atoms with Crippen LogP contribution in [0.2, 0.25) is 0 Å². The fourth-order valence-corrected chi connectivity index (χ4v) is 4.03. The van der Waals surface area contributed by atoms with Crippen molar-refractivity contribution >= 4 is 0 Å². The summed E-state index contributed by atoms with van der Waals surface area (Å²) in [5, 5.41) is 4.41. The quantitative estimate of drug-likeness (QED) is 0.232. The molecular weight excluding hydrogens is 609 g/mol. The van der Waals surface area contributed by atoms with Crippen molar-refractivity contribution in [1.29, 1.82) is 0 Å². The van der Waals surface area contributed by atoms with Gasteiger partial charge in [-0.3, -0.25) is 0 Å². The number of pyridine rings is 1. The molecule has 4 aromatic rings. The minimum atomic E-state index is -0.730. The van der Waals surface area contributed by atoms with E-state index in [1.54, 1.807) is 12.3 Å². The average Bonchev–Trinajstić information content (AvgIpc) is 3.34. The first-order valence-corrected chi connectivity index (χ1v) is 10.7. The maximum Gasteiger partial charge on any atom is 3.00 e. The van der Waals surface area contributed by atoms with E-state index >= 15 is 0 Å². The molecule has 170 valence electrons. The fourth-order valence-electron chi connectivity index (χ4n) is 4.03. The van der Waals surface area contributed by atoms with Gasteiger partial charge in [0.2, 0.25) is 0 Å². The Balaban J connectivity index is 0.000000169. The van der Waals surface area contributed by atoms with Gasteiger partial charge in [0.25, 0.3) is 0 Å². The Morgan fingerprint density at radius 3 is 2.65 bits per heavy atom. The van der Waals surface area contributed by atoms with Gasteiger partial charge in [-0.15, -0.1) is 17.7 Å². The van der Waals surface area contributed by atoms with Crippen LogP contribution in [0, 0.1) is 23.8 Å². The van der Waals surface area contributed by atoms with Crippen LogP contribution in [0.4, 0.5) is 8.78 Å². The van der Waals surface area contributed by atoms with Gasteiger partial charge in [0.05, 0.1) is 0 Å². The number of aromatic nitrogens is 1. The van der Waals surface area contributed by atoms with Gasteiger partial charge in [0.1, 0.15) is 0 Å². The van der Waals surface area contributed by atoms with E-state index in [1.807, 2.05) is 48.7 Å². The summed E-state index contributed by atoms with van der Waals surface area (Å²) < 4.78 is 26.5. The molecule has 2 aliphatic rings. The minimum Gasteiger partial charge on any atom is -0.668 e. The summed E-state index contributed by atoms with van der Waals surface area (Å²) in [7, 11) is 0. The first kappa shape index (κ1) is 23.8. The molecule has 0 saturated heterocycles. The molecule has 0 fully saturated rings. The van der Waals surface area contributed by atoms with Gasteiger partial charge in [0, 0.05) is 24.4 Å². The van der Waals surface area contributed by atoms with Crippen molar-refractivity contribution in [3.8, 4) is 22.4 Å². The van der Waals surface area contributed by atoms with Crippen LogP contribution in [0.1, 0.15) is 17.3 Å². The molecule has 3 heterocycles. The zero-order valence-corrected chi connectivity index (χ0v) is 20.5. The third kappa shape index (κ3) is 5.24. The number of hydrogen-bond donors (Lipinski definition) is 0. The van der Waals surface area contributed by atoms with Crippen molar-refractivity contribution in [2.75, 3.05) is 6.54 Å². The topological polar surface area (TPSA) is 30.2 Å². The molecule has 0 bridgehead atoms. The molecule has 0 amide bonds. The summed E-state index contributed by atoms with van der Waals surface area (Å²) in [6.07, 6.45) is 6.90. The standard InChI is InChI=1S/C17H10F2N.C11H10N2.Ir/c18-15-8-14(9-16(19)11-15)17-10-13(6-7-20-17)12-4-2-1-3-5-12;1-2-4-10-9(3-1)5-7-13-8-6-12-11(10)13;/h1-8,10-11H;1-3,6,8,11H,5,7H2;/q-1;-2;+3. The van der Waals surface area contributed by atoms with Gasteiger partial charge in [-0.2, -0.15) is 41.6 Å². The molecule has 34 heavy (non-hydrogen) atoms. The summed E-state index contributed by atoms with van der Waals surface area (Å²) in [5.41, 5.74) is 5.40. The van der Waals surface area contributed by atoms with E-state index in [1.165, 1.54) is 17.2 Å². The van der Waals surface area contributed by atoms with Crippen LogP contribution in [-0.2, 0) is 26.5 Å². The van der Waals surface area contributed by atoms with Crippen LogP contribution in [0.5, 0.6) is 0 Å². The summed E-state index contributed by atoms with van der Waals surface area (Å²) in [6.45, 7) is 1.08. The second kappa shape index (κ2) is 10.7. The van der Waals surface area contributed by atoms with Crippen molar-refractivity contribution in [2.24, 2.45) is 0 Å². The molecule has 6 heteroatoms. The van der Waals surface area contributed by atoms with Crippen molar-refractivity contribution in [3.05, 3.63) is 132 Å². The first-order valence-electron chi connectivity index (χ1n) is 10.7. The van der Waals surface area contributed by atoms with E-state index in [2.05, 4.69) is 45.7 Å². The molecule has 0 aliphatic carbocycles. The second-order valence-electron chi connectivity index (χ2n) is 7.77. The number of halogens is 2. The number of hydrogen-bond acceptors (Lipinski definition) is 2. The Labute approximate surface area is 211 Å². The summed E-state index contributed by atoms with van der Waals surface area (Å²) >= 11 is 0. The van der Waals surface area contributed by atoms with Gasteiger partial charge in [-0.25, -0.2) is 8.78 Å². The SMILES string of the molecule is Fc1[c-]c(-c2cc(-c3ccccc3)ccn2)cc(F)c1.[Ir+3].[c-]1cccc2c1C1[N-]C=CN1CC2. The second-order valence-corrected chi connectivity index (χ2v) is 7.77. The van der Waals surface area contributed by atoms with Crippen LogP contribution >= 0.6 is 0 Å². The largest absolute Gasteiger partial charge is 3.00 e. The average molecular weight is 629 g/mol. The maximum absolute atomic E-state index is 13.2. The number of benzene rings is 3. The molecule has 0 N–H and O–H groups in total. The van der Waals surface area contributed by atoms with E-state index < -0.39 is 11.6 Å². The van der Waals surface area contributed by atoms with Crippen LogP contribution in [0.3, 0.4) is 0 Å². The van der Waals surface area contributed by atoms with Gasteiger partial charge in [0.15, 0.2) is 0 Å². The predicted molar refractivity (Wildman–Crippen MR) is 125 cm³/mol. The summed E-state index contributed by atoms with van der Waals surface area (Å²) in [5.74, 6) is -1.37. The Bertz CT molecular complexity index is 1270. The van der Waals surface area contributed by atoms with Gasteiger partial charge in [-0.05, 0) is 35.3 Å². The third-order valence-corrected chi connectivity index (χ3v) is 5.62. The summed E-state index contributed by atoms with van der Waals surface area (Å²) in [4.78, 5) is 6.42. The summed E-state index contributed by atoms with van der Waals surface area (Å²) in [6, 6.07) is 27.4. The van der Waals surface area contributed by atoms with Gasteiger partial charge < -0.3 is 15.2 Å². The van der Waals surface area contributed by atoms with Crippen LogP contribution in [0.15, 0.2) is 91.4 Å². The molecular formula is C28H20F2IrN3. The first-order chi connectivity index (χ1) is 16.2. The Morgan fingerprint density at radius 2 is 1.82 bits per heavy atom. The molecule has 1 atom stereocenters. The number of fused-ring (bicyclic) bond motifs is 3. The van der Waals surface area contributed by atoms with Crippen molar-refractivity contribution < 1.29 is 28.9 Å². The van der Waals surface area contributed by atoms with Crippen molar-refractivity contribution in [2.45, 2.75) is 12.6 Å². The number of rotatable bonds is 2. The fraction of sp³-hybridized carbons (Fsp3) is 0.107. The van der Waals surface area contributed by atoms with Crippen LogP contribution < -0.4 is 0 Å². The molecule has 3 nitrogen and oxygen atoms in total. The monoisotopic (exact) mass is 629 g/mol. The van der Waals surface area contributed by atoms with E-state index in [0.717, 1.165) is 30.2 Å². The molecule has 0 radical (unpaired) electrons. The molecule has 0 spiro atoms. The van der Waals surface area contributed by atoms with Gasteiger partial charge >= 0.3 is 20.1 Å². The van der Waals surface area contributed by atoms with Crippen LogP contribution in [0.25, 0.3) is 27.7 Å². The predicted octanol–water partition coefficient (Wildman–Crippen LogP) is 6.69. The molecule has 0 saturated carbocycles. The van der Waals surface area contributed by atoms with E-state index in [-0.39, 0.29) is 26.3 Å². The van der Waals surface area contributed by atoms with Crippen molar-refractivity contribution in [3.63, 3.8) is 0 Å². The Hall–Kier alpha value is -3.34. The Kier molecular flexibility index (Phi) is 7.51. The normalized spacial score (nSPS) is 15.2. The van der Waals surface area contributed by atoms with E-state index in [0.29, 0.717) is 11.3 Å². The number of nitrogens with zero attached hydrogens (tertiary/aromatic N) is 3. The minimum absolute atomic E-state index is 0. The van der Waals surface area contributed by atoms with Crippen LogP contribution in [-0.4, -0.2) is 16.4 Å². The molecule has 1 unspecified atom stereocenters. The smallest absolute Gasteiger partial charge is 0.668 e. The third-order valence-electron chi connectivity index (χ3n) is 5.62. The molecule has 6 rings (SSSR count). The Morgan fingerprint density at radius 1 is 0.971 bits per heavy atom. The molecule has 1 aromatic heterocycles.